The average molecular weight is 296 g/mol. The highest BCUT2D eigenvalue weighted by Crippen LogP contribution is 2.35. The van der Waals surface area contributed by atoms with E-state index in [0.717, 1.165) is 25.7 Å². The number of hydrogen-bond donors (Lipinski definition) is 2. The molecule has 2 N–H and O–H groups in total. The highest BCUT2D eigenvalue weighted by molar-refractivity contribution is 7.11. The highest BCUT2D eigenvalue weighted by atomic mass is 32.1. The van der Waals surface area contributed by atoms with Crippen molar-refractivity contribution in [2.24, 2.45) is 5.41 Å². The Labute approximate surface area is 122 Å². The summed E-state index contributed by atoms with van der Waals surface area (Å²) in [5.74, 6) is -1.00. The van der Waals surface area contributed by atoms with Crippen molar-refractivity contribution in [3.63, 3.8) is 0 Å². The molecule has 1 aliphatic carbocycles. The molecule has 5 nitrogen and oxygen atoms in total. The minimum atomic E-state index is -0.801. The van der Waals surface area contributed by atoms with E-state index in [1.54, 1.807) is 12.4 Å². The van der Waals surface area contributed by atoms with Crippen molar-refractivity contribution < 1.29 is 14.7 Å². The first kappa shape index (κ1) is 15.0. The van der Waals surface area contributed by atoms with E-state index >= 15 is 0 Å². The van der Waals surface area contributed by atoms with E-state index in [0.29, 0.717) is 23.4 Å². The Balaban J connectivity index is 2.04. The van der Waals surface area contributed by atoms with E-state index in [2.05, 4.69) is 10.3 Å². The molecule has 20 heavy (non-hydrogen) atoms. The van der Waals surface area contributed by atoms with Crippen LogP contribution in [0.15, 0.2) is 5.51 Å². The summed E-state index contributed by atoms with van der Waals surface area (Å²) in [5, 5.41) is 12.3. The van der Waals surface area contributed by atoms with Gasteiger partial charge in [-0.05, 0) is 19.8 Å². The summed E-state index contributed by atoms with van der Waals surface area (Å²) in [6, 6.07) is 0. The zero-order chi connectivity index (χ0) is 14.6. The number of rotatable bonds is 4. The maximum Gasteiger partial charge on any atom is 0.311 e. The number of nitrogens with zero attached hydrogens (tertiary/aromatic N) is 1. The maximum absolute atomic E-state index is 12.1. The van der Waals surface area contributed by atoms with Crippen LogP contribution in [0.25, 0.3) is 0 Å². The number of amides is 1. The van der Waals surface area contributed by atoms with Gasteiger partial charge < -0.3 is 10.4 Å². The van der Waals surface area contributed by atoms with Crippen molar-refractivity contribution >= 4 is 23.2 Å². The minimum absolute atomic E-state index is 0.207. The van der Waals surface area contributed by atoms with Gasteiger partial charge >= 0.3 is 5.97 Å². The van der Waals surface area contributed by atoms with Gasteiger partial charge in [-0.3, -0.25) is 9.59 Å². The fraction of sp³-hybridized carbons (Fsp3) is 0.643. The van der Waals surface area contributed by atoms with Gasteiger partial charge in [0.15, 0.2) is 0 Å². The molecule has 0 saturated heterocycles. The van der Waals surface area contributed by atoms with E-state index in [1.165, 1.54) is 11.3 Å². The zero-order valence-electron chi connectivity index (χ0n) is 11.6. The standard InChI is InChI=1S/C14H20N2O3S/c1-10-11(20-9-16-10)12(17)15-8-14(13(18)19)6-4-2-3-5-7-14/h9H,2-8H2,1H3,(H,15,17)(H,18,19). The molecular weight excluding hydrogens is 276 g/mol. The molecule has 110 valence electrons. The predicted octanol–water partition coefficient (Wildman–Crippen LogP) is 2.61. The summed E-state index contributed by atoms with van der Waals surface area (Å²) in [5.41, 5.74) is 1.52. The van der Waals surface area contributed by atoms with Crippen molar-refractivity contribution in [2.45, 2.75) is 45.4 Å². The molecule has 0 spiro atoms. The number of aryl methyl sites for hydroxylation is 1. The molecule has 1 aromatic rings. The molecule has 6 heteroatoms. The number of carbonyl (C=O) groups excluding carboxylic acids is 1. The van der Waals surface area contributed by atoms with Crippen molar-refractivity contribution in [1.82, 2.24) is 10.3 Å². The molecule has 2 rings (SSSR count). The van der Waals surface area contributed by atoms with Crippen LogP contribution in [0.2, 0.25) is 0 Å². The van der Waals surface area contributed by atoms with Crippen molar-refractivity contribution in [2.75, 3.05) is 6.54 Å². The number of hydrogen-bond acceptors (Lipinski definition) is 4. The van der Waals surface area contributed by atoms with Gasteiger partial charge in [-0.15, -0.1) is 11.3 Å². The van der Waals surface area contributed by atoms with Gasteiger partial charge in [0, 0.05) is 6.54 Å². The Kier molecular flexibility index (Phi) is 4.75. The first-order chi connectivity index (χ1) is 9.55. The van der Waals surface area contributed by atoms with Gasteiger partial charge in [-0.1, -0.05) is 25.7 Å². The summed E-state index contributed by atoms with van der Waals surface area (Å²) in [6.07, 6.45) is 5.28. The third-order valence-electron chi connectivity index (χ3n) is 4.05. The number of thiazole rings is 1. The molecule has 0 radical (unpaired) electrons. The molecule has 1 aromatic heterocycles. The van der Waals surface area contributed by atoms with Crippen LogP contribution in [0.4, 0.5) is 0 Å². The second kappa shape index (κ2) is 6.35. The molecule has 0 aliphatic heterocycles. The number of aliphatic carboxylic acids is 1. The summed E-state index contributed by atoms with van der Waals surface area (Å²) >= 11 is 1.29. The third kappa shape index (κ3) is 3.17. The minimum Gasteiger partial charge on any atom is -0.481 e. The van der Waals surface area contributed by atoms with Crippen molar-refractivity contribution in [3.05, 3.63) is 16.1 Å². The van der Waals surface area contributed by atoms with Gasteiger partial charge in [0.1, 0.15) is 4.88 Å². The number of aromatic nitrogens is 1. The normalized spacial score (nSPS) is 18.2. The number of carboxylic acid groups (broad SMARTS) is 1. The molecule has 1 saturated carbocycles. The topological polar surface area (TPSA) is 79.3 Å². The number of nitrogens with one attached hydrogen (secondary N) is 1. The lowest BCUT2D eigenvalue weighted by Gasteiger charge is -2.28. The number of carbonyl (C=O) groups is 2. The third-order valence-corrected chi connectivity index (χ3v) is 4.98. The lowest BCUT2D eigenvalue weighted by atomic mass is 9.80. The Morgan fingerprint density at radius 2 is 2.00 bits per heavy atom. The highest BCUT2D eigenvalue weighted by Gasteiger charge is 2.39. The van der Waals surface area contributed by atoms with Crippen molar-refractivity contribution in [3.8, 4) is 0 Å². The van der Waals surface area contributed by atoms with Crippen molar-refractivity contribution in [1.29, 1.82) is 0 Å². The van der Waals surface area contributed by atoms with E-state index in [-0.39, 0.29) is 12.5 Å². The second-order valence-corrected chi connectivity index (χ2v) is 6.30. The smallest absolute Gasteiger partial charge is 0.311 e. The quantitative estimate of drug-likeness (QED) is 0.837. The molecule has 0 aromatic carbocycles. The lowest BCUT2D eigenvalue weighted by Crippen LogP contribution is -2.42. The Morgan fingerprint density at radius 1 is 1.35 bits per heavy atom. The first-order valence-electron chi connectivity index (χ1n) is 6.97. The van der Waals surface area contributed by atoms with E-state index in [1.807, 2.05) is 0 Å². The fourth-order valence-corrected chi connectivity index (χ4v) is 3.44. The van der Waals surface area contributed by atoms with Gasteiger partial charge in [0.2, 0.25) is 0 Å². The Morgan fingerprint density at radius 3 is 2.50 bits per heavy atom. The second-order valence-electron chi connectivity index (χ2n) is 5.45. The molecule has 1 fully saturated rings. The summed E-state index contributed by atoms with van der Waals surface area (Å²) < 4.78 is 0. The zero-order valence-corrected chi connectivity index (χ0v) is 12.5. The Bertz CT molecular complexity index is 490. The molecule has 1 amide bonds. The molecule has 1 heterocycles. The molecule has 1 aliphatic rings. The molecule has 0 bridgehead atoms. The van der Waals surface area contributed by atoms with Crippen LogP contribution < -0.4 is 5.32 Å². The predicted molar refractivity (Wildman–Crippen MR) is 77.0 cm³/mol. The lowest BCUT2D eigenvalue weighted by molar-refractivity contribution is -0.149. The van der Waals surface area contributed by atoms with Crippen LogP contribution in [-0.4, -0.2) is 28.5 Å². The summed E-state index contributed by atoms with van der Waals surface area (Å²) in [7, 11) is 0. The molecule has 0 unspecified atom stereocenters. The van der Waals surface area contributed by atoms with Crippen LogP contribution in [0, 0.1) is 12.3 Å². The van der Waals surface area contributed by atoms with Crippen LogP contribution in [-0.2, 0) is 4.79 Å². The number of carboxylic acids is 1. The van der Waals surface area contributed by atoms with E-state index in [4.69, 9.17) is 0 Å². The van der Waals surface area contributed by atoms with Gasteiger partial charge in [0.05, 0.1) is 16.6 Å². The molecular formula is C14H20N2O3S. The van der Waals surface area contributed by atoms with Gasteiger partial charge in [0.25, 0.3) is 5.91 Å². The average Bonchev–Trinajstić information content (AvgIpc) is 2.71. The van der Waals surface area contributed by atoms with E-state index in [9.17, 15) is 14.7 Å². The largest absolute Gasteiger partial charge is 0.481 e. The summed E-state index contributed by atoms with van der Waals surface area (Å²) in [6.45, 7) is 1.99. The maximum atomic E-state index is 12.1. The van der Waals surface area contributed by atoms with Crippen LogP contribution >= 0.6 is 11.3 Å². The Hall–Kier alpha value is -1.43. The molecule has 0 atom stereocenters. The fourth-order valence-electron chi connectivity index (χ4n) is 2.72. The van der Waals surface area contributed by atoms with Gasteiger partial charge in [-0.2, -0.15) is 0 Å². The first-order valence-corrected chi connectivity index (χ1v) is 7.85. The van der Waals surface area contributed by atoms with Gasteiger partial charge in [-0.25, -0.2) is 4.98 Å². The van der Waals surface area contributed by atoms with Crippen LogP contribution in [0.3, 0.4) is 0 Å². The summed E-state index contributed by atoms with van der Waals surface area (Å²) in [4.78, 5) is 28.3. The monoisotopic (exact) mass is 296 g/mol. The van der Waals surface area contributed by atoms with E-state index < -0.39 is 11.4 Å². The van der Waals surface area contributed by atoms with Crippen LogP contribution in [0.5, 0.6) is 0 Å². The van der Waals surface area contributed by atoms with Crippen LogP contribution in [0.1, 0.15) is 53.9 Å². The SMILES string of the molecule is Cc1ncsc1C(=O)NCC1(C(=O)O)CCCCCC1.